The summed E-state index contributed by atoms with van der Waals surface area (Å²) in [7, 11) is 0. The van der Waals surface area contributed by atoms with Crippen LogP contribution in [-0.4, -0.2) is 51.9 Å². The Morgan fingerprint density at radius 3 is 2.34 bits per heavy atom. The summed E-state index contributed by atoms with van der Waals surface area (Å²) in [4.78, 5) is 31.6. The molecule has 32 heavy (non-hydrogen) atoms. The maximum absolute atomic E-state index is 13.9. The van der Waals surface area contributed by atoms with Gasteiger partial charge in [-0.25, -0.2) is 15.0 Å². The van der Waals surface area contributed by atoms with Crippen molar-refractivity contribution in [3.05, 3.63) is 83.6 Å². The molecule has 1 amide bonds. The predicted octanol–water partition coefficient (Wildman–Crippen LogP) is 3.94. The Bertz CT molecular complexity index is 1170. The Labute approximate surface area is 191 Å². The molecule has 0 saturated carbocycles. The number of piperazine rings is 1. The van der Waals surface area contributed by atoms with Crippen LogP contribution < -0.4 is 4.90 Å². The van der Waals surface area contributed by atoms with E-state index in [1.165, 1.54) is 0 Å². The molecule has 4 aromatic rings. The molecular weight excluding hydrogens is 418 g/mol. The molecule has 0 bridgehead atoms. The van der Waals surface area contributed by atoms with E-state index in [1.54, 1.807) is 23.7 Å². The van der Waals surface area contributed by atoms with E-state index in [1.807, 2.05) is 47.4 Å². The fraction of sp³-hybridized carbons (Fsp3) is 0.280. The van der Waals surface area contributed by atoms with Crippen molar-refractivity contribution in [2.45, 2.75) is 18.8 Å². The summed E-state index contributed by atoms with van der Waals surface area (Å²) >= 11 is 1.67. The molecule has 1 saturated heterocycles. The molecule has 6 nitrogen and oxygen atoms in total. The van der Waals surface area contributed by atoms with Gasteiger partial charge in [-0.05, 0) is 30.7 Å². The van der Waals surface area contributed by atoms with Crippen molar-refractivity contribution >= 4 is 33.4 Å². The molecule has 0 unspecified atom stereocenters. The number of aromatic nitrogens is 3. The number of benzene rings is 2. The van der Waals surface area contributed by atoms with Crippen LogP contribution in [0.1, 0.15) is 17.5 Å². The van der Waals surface area contributed by atoms with E-state index in [4.69, 9.17) is 4.98 Å². The largest absolute Gasteiger partial charge is 0.338 e. The molecular formula is C25H25N5OS. The van der Waals surface area contributed by atoms with Gasteiger partial charge in [-0.3, -0.25) is 4.79 Å². The van der Waals surface area contributed by atoms with E-state index in [-0.39, 0.29) is 5.91 Å². The van der Waals surface area contributed by atoms with Crippen molar-refractivity contribution in [3.63, 3.8) is 0 Å². The minimum atomic E-state index is -0.680. The summed E-state index contributed by atoms with van der Waals surface area (Å²) in [5.74, 6) is 0.872. The number of thiazole rings is 1. The van der Waals surface area contributed by atoms with Crippen LogP contribution in [0.2, 0.25) is 0 Å². The van der Waals surface area contributed by atoms with Gasteiger partial charge in [-0.15, -0.1) is 11.3 Å². The van der Waals surface area contributed by atoms with E-state index < -0.39 is 5.41 Å². The zero-order valence-electron chi connectivity index (χ0n) is 18.0. The van der Waals surface area contributed by atoms with Crippen LogP contribution in [0.15, 0.2) is 73.1 Å². The molecule has 1 aliphatic rings. The van der Waals surface area contributed by atoms with Crippen molar-refractivity contribution in [2.24, 2.45) is 0 Å². The maximum atomic E-state index is 13.9. The average molecular weight is 444 g/mol. The van der Waals surface area contributed by atoms with Gasteiger partial charge in [-0.1, -0.05) is 42.5 Å². The number of carbonyl (C=O) groups excluding carboxylic acids is 1. The van der Waals surface area contributed by atoms with E-state index in [9.17, 15) is 4.79 Å². The van der Waals surface area contributed by atoms with Gasteiger partial charge in [-0.2, -0.15) is 0 Å². The fourth-order valence-corrected chi connectivity index (χ4v) is 5.44. The van der Waals surface area contributed by atoms with Gasteiger partial charge in [0.25, 0.3) is 0 Å². The standard InChI is InChI=1S/C25H25N5OS/c1-25(19-8-3-2-4-9-19,18-22-28-20-10-5-6-11-21(20)32-22)23(31)29-14-16-30(17-15-29)24-26-12-7-13-27-24/h2-13H,14-18H2,1H3/t25-/m1/s1. The third-order valence-electron chi connectivity index (χ3n) is 6.13. The number of amides is 1. The second-order valence-electron chi connectivity index (χ2n) is 8.28. The topological polar surface area (TPSA) is 62.2 Å². The van der Waals surface area contributed by atoms with Crippen LogP contribution in [0.5, 0.6) is 0 Å². The molecule has 0 spiro atoms. The number of hydrogen-bond donors (Lipinski definition) is 0. The summed E-state index contributed by atoms with van der Waals surface area (Å²) in [5.41, 5.74) is 1.34. The number of carbonyl (C=O) groups is 1. The van der Waals surface area contributed by atoms with Crippen molar-refractivity contribution in [1.82, 2.24) is 19.9 Å². The molecule has 0 aliphatic carbocycles. The molecule has 1 aliphatic heterocycles. The van der Waals surface area contributed by atoms with E-state index in [0.717, 1.165) is 39.8 Å². The predicted molar refractivity (Wildman–Crippen MR) is 128 cm³/mol. The van der Waals surface area contributed by atoms with Gasteiger partial charge < -0.3 is 9.80 Å². The molecule has 1 atom stereocenters. The SMILES string of the molecule is C[C@](Cc1nc2ccccc2s1)(C(=O)N1CCN(c2ncccn2)CC1)c1ccccc1. The highest BCUT2D eigenvalue weighted by molar-refractivity contribution is 7.18. The van der Waals surface area contributed by atoms with Crippen molar-refractivity contribution in [3.8, 4) is 0 Å². The molecule has 1 fully saturated rings. The lowest BCUT2D eigenvalue weighted by molar-refractivity contribution is -0.137. The van der Waals surface area contributed by atoms with Crippen LogP contribution in [0.3, 0.4) is 0 Å². The first-order valence-electron chi connectivity index (χ1n) is 10.8. The van der Waals surface area contributed by atoms with Gasteiger partial charge in [0.05, 0.1) is 20.6 Å². The second kappa shape index (κ2) is 8.67. The van der Waals surface area contributed by atoms with E-state index in [2.05, 4.69) is 40.0 Å². The number of para-hydroxylation sites is 1. The molecule has 3 heterocycles. The lowest BCUT2D eigenvalue weighted by atomic mass is 9.78. The number of nitrogens with zero attached hydrogens (tertiary/aromatic N) is 5. The summed E-state index contributed by atoms with van der Waals surface area (Å²) < 4.78 is 1.15. The number of rotatable bonds is 5. The zero-order valence-corrected chi connectivity index (χ0v) is 18.8. The normalized spacial score (nSPS) is 16.2. The molecule has 0 radical (unpaired) electrons. The Morgan fingerprint density at radius 2 is 1.62 bits per heavy atom. The zero-order chi connectivity index (χ0) is 22.0. The first-order valence-corrected chi connectivity index (χ1v) is 11.7. The molecule has 2 aromatic carbocycles. The molecule has 5 rings (SSSR count). The van der Waals surface area contributed by atoms with Crippen LogP contribution in [-0.2, 0) is 16.6 Å². The number of hydrogen-bond acceptors (Lipinski definition) is 6. The highest BCUT2D eigenvalue weighted by atomic mass is 32.1. The lowest BCUT2D eigenvalue weighted by Crippen LogP contribution is -2.54. The molecule has 2 aromatic heterocycles. The Balaban J connectivity index is 1.40. The number of anilines is 1. The highest BCUT2D eigenvalue weighted by Crippen LogP contribution is 2.34. The molecule has 162 valence electrons. The minimum absolute atomic E-state index is 0.150. The van der Waals surface area contributed by atoms with Gasteiger partial charge in [0, 0.05) is 45.0 Å². The third kappa shape index (κ3) is 3.96. The van der Waals surface area contributed by atoms with Crippen LogP contribution in [0, 0.1) is 0 Å². The maximum Gasteiger partial charge on any atom is 0.233 e. The second-order valence-corrected chi connectivity index (χ2v) is 9.39. The average Bonchev–Trinajstić information content (AvgIpc) is 3.27. The quantitative estimate of drug-likeness (QED) is 0.468. The lowest BCUT2D eigenvalue weighted by Gasteiger charge is -2.40. The summed E-state index contributed by atoms with van der Waals surface area (Å²) in [6.45, 7) is 4.81. The van der Waals surface area contributed by atoms with Gasteiger partial charge in [0.2, 0.25) is 11.9 Å². The first-order chi connectivity index (χ1) is 15.6. The van der Waals surface area contributed by atoms with Crippen molar-refractivity contribution in [1.29, 1.82) is 0 Å². The first kappa shape index (κ1) is 20.6. The molecule has 0 N–H and O–H groups in total. The van der Waals surface area contributed by atoms with Gasteiger partial charge in [0.15, 0.2) is 0 Å². The minimum Gasteiger partial charge on any atom is -0.338 e. The van der Waals surface area contributed by atoms with E-state index >= 15 is 0 Å². The molecule has 7 heteroatoms. The van der Waals surface area contributed by atoms with Gasteiger partial charge in [0.1, 0.15) is 0 Å². The van der Waals surface area contributed by atoms with Crippen molar-refractivity contribution < 1.29 is 4.79 Å². The Kier molecular flexibility index (Phi) is 5.57. The summed E-state index contributed by atoms with van der Waals surface area (Å²) in [6, 6.07) is 20.1. The highest BCUT2D eigenvalue weighted by Gasteiger charge is 2.40. The van der Waals surface area contributed by atoms with Crippen molar-refractivity contribution in [2.75, 3.05) is 31.1 Å². The third-order valence-corrected chi connectivity index (χ3v) is 7.16. The summed E-state index contributed by atoms with van der Waals surface area (Å²) in [6.07, 6.45) is 4.09. The van der Waals surface area contributed by atoms with Crippen LogP contribution in [0.25, 0.3) is 10.2 Å². The smallest absolute Gasteiger partial charge is 0.233 e. The van der Waals surface area contributed by atoms with Gasteiger partial charge >= 0.3 is 0 Å². The monoisotopic (exact) mass is 443 g/mol. The summed E-state index contributed by atoms with van der Waals surface area (Å²) in [5, 5.41) is 0.988. The van der Waals surface area contributed by atoms with Crippen LogP contribution >= 0.6 is 11.3 Å². The van der Waals surface area contributed by atoms with Crippen LogP contribution in [0.4, 0.5) is 5.95 Å². The van der Waals surface area contributed by atoms with E-state index in [0.29, 0.717) is 19.5 Å². The Hall–Kier alpha value is -3.32. The Morgan fingerprint density at radius 1 is 0.938 bits per heavy atom. The fourth-order valence-electron chi connectivity index (χ4n) is 4.32. The number of fused-ring (bicyclic) bond motifs is 1.